The van der Waals surface area contributed by atoms with Crippen LogP contribution in [0, 0.1) is 13.8 Å². The molecule has 0 saturated carbocycles. The molecular formula is C16H27NO. The van der Waals surface area contributed by atoms with E-state index in [0.29, 0.717) is 0 Å². The first-order valence-corrected chi connectivity index (χ1v) is 7.12. The van der Waals surface area contributed by atoms with Crippen LogP contribution in [0.2, 0.25) is 0 Å². The lowest BCUT2D eigenvalue weighted by molar-refractivity contribution is 0.185. The summed E-state index contributed by atoms with van der Waals surface area (Å²) in [5.74, 6) is 1.03. The maximum atomic E-state index is 6.15. The smallest absolute Gasteiger partial charge is 0.122 e. The molecule has 0 aromatic heterocycles. The molecule has 102 valence electrons. The van der Waals surface area contributed by atoms with E-state index in [4.69, 9.17) is 4.74 Å². The largest absolute Gasteiger partial charge is 0.489 e. The second-order valence-corrected chi connectivity index (χ2v) is 5.00. The molecule has 1 rings (SSSR count). The van der Waals surface area contributed by atoms with Crippen molar-refractivity contribution in [2.75, 3.05) is 13.1 Å². The summed E-state index contributed by atoms with van der Waals surface area (Å²) in [4.78, 5) is 0. The second kappa shape index (κ2) is 8.15. The maximum Gasteiger partial charge on any atom is 0.122 e. The number of ether oxygens (including phenoxy) is 1. The van der Waals surface area contributed by atoms with Crippen LogP contribution in [0.25, 0.3) is 0 Å². The van der Waals surface area contributed by atoms with Crippen molar-refractivity contribution >= 4 is 0 Å². The van der Waals surface area contributed by atoms with Crippen molar-refractivity contribution in [1.29, 1.82) is 0 Å². The van der Waals surface area contributed by atoms with Gasteiger partial charge in [-0.2, -0.15) is 0 Å². The zero-order chi connectivity index (χ0) is 13.4. The van der Waals surface area contributed by atoms with Gasteiger partial charge in [-0.3, -0.25) is 0 Å². The molecule has 2 nitrogen and oxygen atoms in total. The molecular weight excluding hydrogens is 222 g/mol. The van der Waals surface area contributed by atoms with E-state index in [0.717, 1.165) is 31.7 Å². The fraction of sp³-hybridized carbons (Fsp3) is 0.625. The van der Waals surface area contributed by atoms with Crippen LogP contribution in [0.3, 0.4) is 0 Å². The lowest BCUT2D eigenvalue weighted by atomic mass is 10.1. The van der Waals surface area contributed by atoms with Gasteiger partial charge in [-0.1, -0.05) is 32.4 Å². The van der Waals surface area contributed by atoms with Crippen molar-refractivity contribution in [3.05, 3.63) is 29.3 Å². The number of nitrogens with one attached hydrogen (secondary N) is 1. The highest BCUT2D eigenvalue weighted by Gasteiger charge is 2.10. The molecule has 0 spiro atoms. The molecule has 0 saturated heterocycles. The van der Waals surface area contributed by atoms with Gasteiger partial charge in [-0.25, -0.2) is 0 Å². The number of aryl methyl sites for hydroxylation is 2. The van der Waals surface area contributed by atoms with Crippen molar-refractivity contribution in [3.63, 3.8) is 0 Å². The minimum Gasteiger partial charge on any atom is -0.489 e. The molecule has 1 aromatic rings. The van der Waals surface area contributed by atoms with Crippen LogP contribution in [-0.2, 0) is 0 Å². The van der Waals surface area contributed by atoms with E-state index in [2.05, 4.69) is 51.2 Å². The Morgan fingerprint density at radius 3 is 2.61 bits per heavy atom. The summed E-state index contributed by atoms with van der Waals surface area (Å²) in [6, 6.07) is 6.40. The fourth-order valence-corrected chi connectivity index (χ4v) is 1.98. The number of benzene rings is 1. The Kier molecular flexibility index (Phi) is 6.81. The van der Waals surface area contributed by atoms with Crippen LogP contribution in [0.5, 0.6) is 5.75 Å². The quantitative estimate of drug-likeness (QED) is 0.707. The van der Waals surface area contributed by atoms with E-state index in [1.165, 1.54) is 17.5 Å². The average Bonchev–Trinajstić information content (AvgIpc) is 2.34. The Balaban J connectivity index is 2.60. The molecule has 1 unspecified atom stereocenters. The first kappa shape index (κ1) is 15.0. The third-order valence-electron chi connectivity index (χ3n) is 3.05. The van der Waals surface area contributed by atoms with Gasteiger partial charge >= 0.3 is 0 Å². The van der Waals surface area contributed by atoms with Gasteiger partial charge < -0.3 is 10.1 Å². The van der Waals surface area contributed by atoms with E-state index in [9.17, 15) is 0 Å². The van der Waals surface area contributed by atoms with Gasteiger partial charge in [0.05, 0.1) is 0 Å². The van der Waals surface area contributed by atoms with Gasteiger partial charge in [-0.05, 0) is 50.4 Å². The van der Waals surface area contributed by atoms with Crippen molar-refractivity contribution in [3.8, 4) is 5.75 Å². The molecule has 0 aliphatic rings. The topological polar surface area (TPSA) is 21.3 Å². The predicted octanol–water partition coefficient (Wildman–Crippen LogP) is 3.85. The van der Waals surface area contributed by atoms with E-state index in [1.54, 1.807) is 0 Å². The van der Waals surface area contributed by atoms with Gasteiger partial charge in [0, 0.05) is 6.54 Å². The third kappa shape index (κ3) is 5.09. The SMILES string of the molecule is CCCNCC(CCC)Oc1cc(C)ccc1C. The average molecular weight is 249 g/mol. The van der Waals surface area contributed by atoms with Gasteiger partial charge in [0.1, 0.15) is 11.9 Å². The number of hydrogen-bond acceptors (Lipinski definition) is 2. The molecule has 1 aromatic carbocycles. The molecule has 0 aliphatic carbocycles. The third-order valence-corrected chi connectivity index (χ3v) is 3.05. The standard InChI is InChI=1S/C16H27NO/c1-5-7-15(12-17-10-6-2)18-16-11-13(3)8-9-14(16)4/h8-9,11,15,17H,5-7,10,12H2,1-4H3. The molecule has 18 heavy (non-hydrogen) atoms. The molecule has 0 radical (unpaired) electrons. The summed E-state index contributed by atoms with van der Waals surface area (Å²) in [7, 11) is 0. The van der Waals surface area contributed by atoms with Crippen LogP contribution in [0.15, 0.2) is 18.2 Å². The van der Waals surface area contributed by atoms with Gasteiger partial charge in [-0.15, -0.1) is 0 Å². The highest BCUT2D eigenvalue weighted by molar-refractivity contribution is 5.36. The van der Waals surface area contributed by atoms with Gasteiger partial charge in [0.2, 0.25) is 0 Å². The lowest BCUT2D eigenvalue weighted by Crippen LogP contribution is -2.32. The van der Waals surface area contributed by atoms with Crippen LogP contribution in [0.1, 0.15) is 44.2 Å². The minimum atomic E-state index is 0.280. The molecule has 0 heterocycles. The van der Waals surface area contributed by atoms with Crippen LogP contribution in [0.4, 0.5) is 0 Å². The molecule has 0 aliphatic heterocycles. The van der Waals surface area contributed by atoms with E-state index in [-0.39, 0.29) is 6.10 Å². The summed E-state index contributed by atoms with van der Waals surface area (Å²) in [6.07, 6.45) is 3.71. The summed E-state index contributed by atoms with van der Waals surface area (Å²) >= 11 is 0. The Morgan fingerprint density at radius 1 is 1.17 bits per heavy atom. The predicted molar refractivity (Wildman–Crippen MR) is 78.4 cm³/mol. The zero-order valence-corrected chi connectivity index (χ0v) is 12.3. The molecule has 1 atom stereocenters. The summed E-state index contributed by atoms with van der Waals surface area (Å²) in [5, 5.41) is 3.45. The molecule has 0 amide bonds. The van der Waals surface area contributed by atoms with E-state index >= 15 is 0 Å². The van der Waals surface area contributed by atoms with Crippen molar-refractivity contribution in [2.24, 2.45) is 0 Å². The summed E-state index contributed by atoms with van der Waals surface area (Å²) < 4.78 is 6.15. The first-order chi connectivity index (χ1) is 8.67. The lowest BCUT2D eigenvalue weighted by Gasteiger charge is -2.20. The van der Waals surface area contributed by atoms with Gasteiger partial charge in [0.15, 0.2) is 0 Å². The molecule has 0 bridgehead atoms. The summed E-state index contributed by atoms with van der Waals surface area (Å²) in [6.45, 7) is 10.6. The van der Waals surface area contributed by atoms with Crippen LogP contribution in [-0.4, -0.2) is 19.2 Å². The monoisotopic (exact) mass is 249 g/mol. The zero-order valence-electron chi connectivity index (χ0n) is 12.3. The minimum absolute atomic E-state index is 0.280. The second-order valence-electron chi connectivity index (χ2n) is 5.00. The number of rotatable bonds is 8. The molecule has 2 heteroatoms. The first-order valence-electron chi connectivity index (χ1n) is 7.12. The van der Waals surface area contributed by atoms with E-state index < -0.39 is 0 Å². The normalized spacial score (nSPS) is 12.4. The Labute approximate surface area is 112 Å². The van der Waals surface area contributed by atoms with Crippen LogP contribution >= 0.6 is 0 Å². The number of hydrogen-bond donors (Lipinski definition) is 1. The highest BCUT2D eigenvalue weighted by atomic mass is 16.5. The Bertz CT molecular complexity index is 349. The van der Waals surface area contributed by atoms with Gasteiger partial charge in [0.25, 0.3) is 0 Å². The Morgan fingerprint density at radius 2 is 1.94 bits per heavy atom. The van der Waals surface area contributed by atoms with E-state index in [1.807, 2.05) is 0 Å². The van der Waals surface area contributed by atoms with Crippen molar-refractivity contribution in [2.45, 2.75) is 53.1 Å². The van der Waals surface area contributed by atoms with Crippen molar-refractivity contribution in [1.82, 2.24) is 5.32 Å². The van der Waals surface area contributed by atoms with Crippen molar-refractivity contribution < 1.29 is 4.74 Å². The Hall–Kier alpha value is -1.02. The van der Waals surface area contributed by atoms with Crippen LogP contribution < -0.4 is 10.1 Å². The summed E-state index contributed by atoms with van der Waals surface area (Å²) in [5.41, 5.74) is 2.48. The maximum absolute atomic E-state index is 6.15. The highest BCUT2D eigenvalue weighted by Crippen LogP contribution is 2.21. The fourth-order valence-electron chi connectivity index (χ4n) is 1.98. The molecule has 1 N–H and O–H groups in total. The molecule has 0 fully saturated rings.